The normalized spacial score (nSPS) is 9.71. The summed E-state index contributed by atoms with van der Waals surface area (Å²) in [4.78, 5) is 0. The first-order valence-electron chi connectivity index (χ1n) is 3.89. The van der Waals surface area contributed by atoms with E-state index >= 15 is 0 Å². The van der Waals surface area contributed by atoms with Crippen LogP contribution in [0.3, 0.4) is 0 Å². The lowest BCUT2D eigenvalue weighted by atomic mass is 10.2. The number of ether oxygens (including phenoxy) is 3. The first kappa shape index (κ1) is 10.8. The molecule has 1 aromatic carbocycles. The smallest absolute Gasteiger partial charge is 0.205 e. The van der Waals surface area contributed by atoms with Crippen molar-refractivity contribution >= 4 is 17.3 Å². The predicted octanol–water partition coefficient (Wildman–Crippen LogP) is 1.95. The Morgan fingerprint density at radius 1 is 1.07 bits per heavy atom. The van der Waals surface area contributed by atoms with Crippen LogP contribution in [-0.4, -0.2) is 21.3 Å². The van der Waals surface area contributed by atoms with Crippen molar-refractivity contribution in [1.82, 2.24) is 0 Å². The van der Waals surface area contributed by atoms with Crippen molar-refractivity contribution in [2.75, 3.05) is 27.1 Å². The number of hydrogen-bond acceptors (Lipinski definition) is 4. The molecule has 0 atom stereocenters. The summed E-state index contributed by atoms with van der Waals surface area (Å²) >= 11 is 5.92. The van der Waals surface area contributed by atoms with Gasteiger partial charge in [0.15, 0.2) is 11.5 Å². The molecule has 1 aromatic rings. The van der Waals surface area contributed by atoms with E-state index in [9.17, 15) is 0 Å². The molecular weight excluding hydrogens is 206 g/mol. The molecule has 0 amide bonds. The van der Waals surface area contributed by atoms with Gasteiger partial charge in [-0.3, -0.25) is 0 Å². The number of anilines is 1. The summed E-state index contributed by atoms with van der Waals surface area (Å²) in [6.45, 7) is 0. The van der Waals surface area contributed by atoms with Crippen LogP contribution >= 0.6 is 11.6 Å². The SMILES string of the molecule is COc1cc(N)c(Cl)c(OC)c1OC. The van der Waals surface area contributed by atoms with Gasteiger partial charge in [0.25, 0.3) is 0 Å². The number of methoxy groups -OCH3 is 3. The minimum atomic E-state index is 0.324. The standard InChI is InChI=1S/C9H12ClNO3/c1-12-6-4-5(11)7(10)9(14-3)8(6)13-2/h4H,11H2,1-3H3. The highest BCUT2D eigenvalue weighted by Crippen LogP contribution is 2.45. The average molecular weight is 218 g/mol. The van der Waals surface area contributed by atoms with Gasteiger partial charge in [-0.05, 0) is 0 Å². The molecule has 4 nitrogen and oxygen atoms in total. The molecule has 0 heterocycles. The first-order chi connectivity index (χ1) is 6.65. The van der Waals surface area contributed by atoms with Crippen LogP contribution in [0.2, 0.25) is 5.02 Å². The maximum absolute atomic E-state index is 5.92. The third-order valence-corrected chi connectivity index (χ3v) is 2.19. The Hall–Kier alpha value is -1.29. The summed E-state index contributed by atoms with van der Waals surface area (Å²) in [5, 5.41) is 0.324. The van der Waals surface area contributed by atoms with Crippen LogP contribution in [0.25, 0.3) is 0 Å². The van der Waals surface area contributed by atoms with E-state index in [-0.39, 0.29) is 0 Å². The fourth-order valence-electron chi connectivity index (χ4n) is 1.14. The van der Waals surface area contributed by atoms with Crippen molar-refractivity contribution in [3.05, 3.63) is 11.1 Å². The second-order valence-electron chi connectivity index (χ2n) is 2.55. The zero-order chi connectivity index (χ0) is 10.7. The summed E-state index contributed by atoms with van der Waals surface area (Å²) in [5.74, 6) is 1.31. The van der Waals surface area contributed by atoms with Crippen LogP contribution in [0.4, 0.5) is 5.69 Å². The van der Waals surface area contributed by atoms with Gasteiger partial charge < -0.3 is 19.9 Å². The van der Waals surface area contributed by atoms with E-state index in [4.69, 9.17) is 31.5 Å². The summed E-state index contributed by atoms with van der Waals surface area (Å²) in [6, 6.07) is 1.59. The molecule has 5 heteroatoms. The molecule has 1 rings (SSSR count). The molecule has 0 aliphatic rings. The molecule has 0 saturated heterocycles. The van der Waals surface area contributed by atoms with Gasteiger partial charge in [0.05, 0.1) is 27.0 Å². The molecule has 78 valence electrons. The molecule has 14 heavy (non-hydrogen) atoms. The van der Waals surface area contributed by atoms with Gasteiger partial charge in [0, 0.05) is 6.07 Å². The third-order valence-electron chi connectivity index (χ3n) is 1.80. The monoisotopic (exact) mass is 217 g/mol. The second kappa shape index (κ2) is 4.28. The lowest BCUT2D eigenvalue weighted by Crippen LogP contribution is -1.98. The predicted molar refractivity (Wildman–Crippen MR) is 55.5 cm³/mol. The van der Waals surface area contributed by atoms with Gasteiger partial charge in [-0.2, -0.15) is 0 Å². The molecule has 0 aliphatic carbocycles. The van der Waals surface area contributed by atoms with Gasteiger partial charge in [-0.25, -0.2) is 0 Å². The van der Waals surface area contributed by atoms with Crippen molar-refractivity contribution in [3.8, 4) is 17.2 Å². The van der Waals surface area contributed by atoms with E-state index in [2.05, 4.69) is 0 Å². The van der Waals surface area contributed by atoms with E-state index < -0.39 is 0 Å². The Bertz CT molecular complexity index is 341. The van der Waals surface area contributed by atoms with Gasteiger partial charge in [0.1, 0.15) is 5.02 Å². The molecular formula is C9H12ClNO3. The molecule has 0 aromatic heterocycles. The highest BCUT2D eigenvalue weighted by atomic mass is 35.5. The van der Waals surface area contributed by atoms with Gasteiger partial charge in [-0.15, -0.1) is 0 Å². The number of nitrogens with two attached hydrogens (primary N) is 1. The summed E-state index contributed by atoms with van der Waals surface area (Å²) in [5.41, 5.74) is 6.04. The highest BCUT2D eigenvalue weighted by Gasteiger charge is 2.17. The van der Waals surface area contributed by atoms with Crippen LogP contribution in [-0.2, 0) is 0 Å². The van der Waals surface area contributed by atoms with E-state index in [0.717, 1.165) is 0 Å². The summed E-state index contributed by atoms with van der Waals surface area (Å²) < 4.78 is 15.2. The van der Waals surface area contributed by atoms with Crippen LogP contribution in [0.1, 0.15) is 0 Å². The largest absolute Gasteiger partial charge is 0.493 e. The zero-order valence-corrected chi connectivity index (χ0v) is 9.01. The van der Waals surface area contributed by atoms with Crippen LogP contribution < -0.4 is 19.9 Å². The molecule has 0 saturated carbocycles. The molecule has 0 unspecified atom stereocenters. The van der Waals surface area contributed by atoms with Crippen molar-refractivity contribution in [2.24, 2.45) is 0 Å². The Labute approximate surface area is 87.5 Å². The van der Waals surface area contributed by atoms with Crippen molar-refractivity contribution in [1.29, 1.82) is 0 Å². The third kappa shape index (κ3) is 1.65. The Morgan fingerprint density at radius 3 is 2.07 bits per heavy atom. The van der Waals surface area contributed by atoms with Crippen molar-refractivity contribution in [2.45, 2.75) is 0 Å². The highest BCUT2D eigenvalue weighted by molar-refractivity contribution is 6.35. The number of rotatable bonds is 3. The topological polar surface area (TPSA) is 53.7 Å². The zero-order valence-electron chi connectivity index (χ0n) is 8.26. The van der Waals surface area contributed by atoms with Crippen LogP contribution in [0, 0.1) is 0 Å². The van der Waals surface area contributed by atoms with Gasteiger partial charge in [-0.1, -0.05) is 11.6 Å². The van der Waals surface area contributed by atoms with Gasteiger partial charge >= 0.3 is 0 Å². The minimum absolute atomic E-state index is 0.324. The number of halogens is 1. The quantitative estimate of drug-likeness (QED) is 0.787. The number of hydrogen-bond donors (Lipinski definition) is 1. The number of nitrogen functional groups attached to an aromatic ring is 1. The second-order valence-corrected chi connectivity index (χ2v) is 2.93. The molecule has 2 N–H and O–H groups in total. The molecule has 0 radical (unpaired) electrons. The Morgan fingerprint density at radius 2 is 1.64 bits per heavy atom. The van der Waals surface area contributed by atoms with E-state index in [1.807, 2.05) is 0 Å². The lowest BCUT2D eigenvalue weighted by Gasteiger charge is -2.14. The Kier molecular flexibility index (Phi) is 3.30. The summed E-state index contributed by atoms with van der Waals surface area (Å²) in [6.07, 6.45) is 0. The average Bonchev–Trinajstić information content (AvgIpc) is 2.20. The lowest BCUT2D eigenvalue weighted by molar-refractivity contribution is 0.325. The van der Waals surface area contributed by atoms with E-state index in [0.29, 0.717) is 28.0 Å². The number of benzene rings is 1. The molecule has 0 aliphatic heterocycles. The maximum atomic E-state index is 5.92. The van der Waals surface area contributed by atoms with Crippen molar-refractivity contribution in [3.63, 3.8) is 0 Å². The minimum Gasteiger partial charge on any atom is -0.493 e. The van der Waals surface area contributed by atoms with Crippen LogP contribution in [0.15, 0.2) is 6.07 Å². The first-order valence-corrected chi connectivity index (χ1v) is 4.27. The van der Waals surface area contributed by atoms with Crippen LogP contribution in [0.5, 0.6) is 17.2 Å². The molecule has 0 fully saturated rings. The van der Waals surface area contributed by atoms with Crippen molar-refractivity contribution < 1.29 is 14.2 Å². The summed E-state index contributed by atoms with van der Waals surface area (Å²) in [7, 11) is 4.51. The van der Waals surface area contributed by atoms with E-state index in [1.165, 1.54) is 21.3 Å². The fourth-order valence-corrected chi connectivity index (χ4v) is 1.36. The Balaban J connectivity index is 3.42. The molecule has 0 spiro atoms. The maximum Gasteiger partial charge on any atom is 0.205 e. The van der Waals surface area contributed by atoms with E-state index in [1.54, 1.807) is 6.07 Å². The fraction of sp³-hybridized carbons (Fsp3) is 0.333. The molecule has 0 bridgehead atoms. The van der Waals surface area contributed by atoms with Gasteiger partial charge in [0.2, 0.25) is 5.75 Å².